The topological polar surface area (TPSA) is 67.1 Å². The molecule has 0 spiro atoms. The predicted molar refractivity (Wildman–Crippen MR) is 100 cm³/mol. The quantitative estimate of drug-likeness (QED) is 0.754. The first-order valence-corrected chi connectivity index (χ1v) is 9.01. The Bertz CT molecular complexity index is 858. The summed E-state index contributed by atoms with van der Waals surface area (Å²) in [5.74, 6) is 3.03. The lowest BCUT2D eigenvalue weighted by Gasteiger charge is -2.25. The van der Waals surface area contributed by atoms with Gasteiger partial charge in [0, 0.05) is 55.6 Å². The molecule has 0 radical (unpaired) electrons. The molecule has 1 N–H and O–H groups in total. The van der Waals surface area contributed by atoms with Crippen LogP contribution in [-0.4, -0.2) is 26.6 Å². The fourth-order valence-electron chi connectivity index (χ4n) is 3.16. The van der Waals surface area contributed by atoms with Gasteiger partial charge in [-0.2, -0.15) is 0 Å². The van der Waals surface area contributed by atoms with Crippen molar-refractivity contribution in [1.29, 1.82) is 0 Å². The van der Waals surface area contributed by atoms with E-state index < -0.39 is 0 Å². The van der Waals surface area contributed by atoms with Crippen molar-refractivity contribution in [3.8, 4) is 0 Å². The molecule has 4 rings (SSSR count). The molecule has 0 unspecified atom stereocenters. The SMILES string of the molecule is CC(C)c1ncc(CN2CCc3onc(Nc4ccccc4)c3C2)cn1. The molecule has 134 valence electrons. The summed E-state index contributed by atoms with van der Waals surface area (Å²) in [6.07, 6.45) is 4.74. The lowest BCUT2D eigenvalue weighted by Crippen LogP contribution is -2.29. The van der Waals surface area contributed by atoms with Gasteiger partial charge in [0.1, 0.15) is 11.6 Å². The van der Waals surface area contributed by atoms with Crippen molar-refractivity contribution in [3.63, 3.8) is 0 Å². The van der Waals surface area contributed by atoms with Crippen molar-refractivity contribution in [2.45, 2.75) is 39.3 Å². The molecule has 0 amide bonds. The Morgan fingerprint density at radius 2 is 1.92 bits per heavy atom. The van der Waals surface area contributed by atoms with Crippen LogP contribution in [0.2, 0.25) is 0 Å². The first-order chi connectivity index (χ1) is 12.7. The second-order valence-electron chi connectivity index (χ2n) is 6.99. The Balaban J connectivity index is 1.46. The molecule has 2 aromatic heterocycles. The van der Waals surface area contributed by atoms with Gasteiger partial charge in [0.05, 0.1) is 5.56 Å². The number of aromatic nitrogens is 3. The number of hydrogen-bond donors (Lipinski definition) is 1. The third-order valence-corrected chi connectivity index (χ3v) is 4.59. The number of benzene rings is 1. The van der Waals surface area contributed by atoms with E-state index in [1.54, 1.807) is 0 Å². The highest BCUT2D eigenvalue weighted by Crippen LogP contribution is 2.28. The molecular weight excluding hydrogens is 326 g/mol. The highest BCUT2D eigenvalue weighted by Gasteiger charge is 2.24. The first kappa shape index (κ1) is 16.7. The van der Waals surface area contributed by atoms with E-state index in [4.69, 9.17) is 4.52 Å². The molecular formula is C20H23N5O. The average molecular weight is 349 g/mol. The molecule has 3 heterocycles. The maximum Gasteiger partial charge on any atom is 0.178 e. The number of rotatable bonds is 5. The Labute approximate surface area is 153 Å². The van der Waals surface area contributed by atoms with Crippen molar-refractivity contribution in [1.82, 2.24) is 20.0 Å². The van der Waals surface area contributed by atoms with Crippen molar-refractivity contribution in [2.75, 3.05) is 11.9 Å². The molecule has 1 aliphatic rings. The maximum absolute atomic E-state index is 5.54. The zero-order valence-corrected chi connectivity index (χ0v) is 15.1. The Hall–Kier alpha value is -2.73. The summed E-state index contributed by atoms with van der Waals surface area (Å²) in [6.45, 7) is 6.79. The number of para-hydroxylation sites is 1. The normalized spacial score (nSPS) is 14.4. The maximum atomic E-state index is 5.54. The standard InChI is InChI=1S/C20H23N5O/c1-14(2)19-21-10-15(11-22-19)12-25-9-8-18-17(13-25)20(24-26-18)23-16-6-4-3-5-7-16/h3-7,10-11,14H,8-9,12-13H2,1-2H3,(H,23,24). The number of anilines is 2. The first-order valence-electron chi connectivity index (χ1n) is 9.01. The van der Waals surface area contributed by atoms with E-state index in [9.17, 15) is 0 Å². The summed E-state index contributed by atoms with van der Waals surface area (Å²) in [5, 5.41) is 7.59. The second-order valence-corrected chi connectivity index (χ2v) is 6.99. The molecule has 0 atom stereocenters. The van der Waals surface area contributed by atoms with Crippen LogP contribution in [0.25, 0.3) is 0 Å². The summed E-state index contributed by atoms with van der Waals surface area (Å²) >= 11 is 0. The molecule has 0 bridgehead atoms. The fourth-order valence-corrected chi connectivity index (χ4v) is 3.16. The van der Waals surface area contributed by atoms with Crippen LogP contribution in [-0.2, 0) is 19.5 Å². The van der Waals surface area contributed by atoms with E-state index in [2.05, 4.69) is 39.2 Å². The van der Waals surface area contributed by atoms with Gasteiger partial charge >= 0.3 is 0 Å². The fraction of sp³-hybridized carbons (Fsp3) is 0.350. The van der Waals surface area contributed by atoms with E-state index >= 15 is 0 Å². The van der Waals surface area contributed by atoms with E-state index in [1.807, 2.05) is 42.7 Å². The Morgan fingerprint density at radius 3 is 2.65 bits per heavy atom. The van der Waals surface area contributed by atoms with Gasteiger partial charge in [-0.15, -0.1) is 0 Å². The van der Waals surface area contributed by atoms with Gasteiger partial charge in [0.25, 0.3) is 0 Å². The van der Waals surface area contributed by atoms with Gasteiger partial charge in [0.2, 0.25) is 0 Å². The summed E-state index contributed by atoms with van der Waals surface area (Å²) in [4.78, 5) is 11.3. The van der Waals surface area contributed by atoms with Gasteiger partial charge in [0.15, 0.2) is 5.82 Å². The van der Waals surface area contributed by atoms with E-state index in [-0.39, 0.29) is 0 Å². The zero-order chi connectivity index (χ0) is 17.9. The largest absolute Gasteiger partial charge is 0.359 e. The van der Waals surface area contributed by atoms with Gasteiger partial charge in [-0.05, 0) is 12.1 Å². The molecule has 1 aliphatic heterocycles. The third-order valence-electron chi connectivity index (χ3n) is 4.59. The summed E-state index contributed by atoms with van der Waals surface area (Å²) < 4.78 is 5.54. The molecule has 6 heteroatoms. The number of nitrogens with one attached hydrogen (secondary N) is 1. The van der Waals surface area contributed by atoms with Gasteiger partial charge in [-0.3, -0.25) is 4.90 Å². The smallest absolute Gasteiger partial charge is 0.178 e. The summed E-state index contributed by atoms with van der Waals surface area (Å²) in [7, 11) is 0. The molecule has 0 saturated carbocycles. The summed E-state index contributed by atoms with van der Waals surface area (Å²) in [6, 6.07) is 10.0. The molecule has 6 nitrogen and oxygen atoms in total. The molecule has 0 aliphatic carbocycles. The van der Waals surface area contributed by atoms with Crippen LogP contribution in [0, 0.1) is 0 Å². The molecule has 3 aromatic rings. The molecule has 1 aromatic carbocycles. The van der Waals surface area contributed by atoms with Gasteiger partial charge in [-0.25, -0.2) is 9.97 Å². The second kappa shape index (κ2) is 7.25. The highest BCUT2D eigenvalue weighted by atomic mass is 16.5. The van der Waals surface area contributed by atoms with Crippen LogP contribution in [0.5, 0.6) is 0 Å². The van der Waals surface area contributed by atoms with Crippen LogP contribution in [0.15, 0.2) is 47.2 Å². The van der Waals surface area contributed by atoms with E-state index in [0.717, 1.165) is 60.3 Å². The lowest BCUT2D eigenvalue weighted by molar-refractivity contribution is 0.228. The zero-order valence-electron chi connectivity index (χ0n) is 15.1. The van der Waals surface area contributed by atoms with Crippen LogP contribution in [0.4, 0.5) is 11.5 Å². The average Bonchev–Trinajstić information content (AvgIpc) is 3.05. The minimum atomic E-state index is 0.352. The highest BCUT2D eigenvalue weighted by molar-refractivity contribution is 5.59. The van der Waals surface area contributed by atoms with Crippen LogP contribution < -0.4 is 5.32 Å². The number of hydrogen-bond acceptors (Lipinski definition) is 6. The molecule has 0 fully saturated rings. The van der Waals surface area contributed by atoms with Crippen molar-refractivity contribution >= 4 is 11.5 Å². The van der Waals surface area contributed by atoms with Crippen LogP contribution >= 0.6 is 0 Å². The van der Waals surface area contributed by atoms with Crippen molar-refractivity contribution in [2.24, 2.45) is 0 Å². The van der Waals surface area contributed by atoms with Gasteiger partial charge in [-0.1, -0.05) is 37.2 Å². The number of fused-ring (bicyclic) bond motifs is 1. The van der Waals surface area contributed by atoms with Gasteiger partial charge < -0.3 is 9.84 Å². The summed E-state index contributed by atoms with van der Waals surface area (Å²) in [5.41, 5.74) is 3.28. The lowest BCUT2D eigenvalue weighted by atomic mass is 10.1. The minimum absolute atomic E-state index is 0.352. The van der Waals surface area contributed by atoms with E-state index in [0.29, 0.717) is 5.92 Å². The van der Waals surface area contributed by atoms with Crippen molar-refractivity contribution in [3.05, 3.63) is 65.4 Å². The van der Waals surface area contributed by atoms with E-state index in [1.165, 1.54) is 0 Å². The van der Waals surface area contributed by atoms with Crippen molar-refractivity contribution < 1.29 is 4.52 Å². The number of nitrogens with zero attached hydrogens (tertiary/aromatic N) is 4. The third kappa shape index (κ3) is 3.60. The van der Waals surface area contributed by atoms with Crippen LogP contribution in [0.3, 0.4) is 0 Å². The van der Waals surface area contributed by atoms with Crippen LogP contribution in [0.1, 0.15) is 42.5 Å². The molecule has 0 saturated heterocycles. The Kier molecular flexibility index (Phi) is 4.67. The predicted octanol–water partition coefficient (Wildman–Crippen LogP) is 3.89. The monoisotopic (exact) mass is 349 g/mol. The molecule has 26 heavy (non-hydrogen) atoms. The Morgan fingerprint density at radius 1 is 1.15 bits per heavy atom. The minimum Gasteiger partial charge on any atom is -0.359 e.